The van der Waals surface area contributed by atoms with Crippen LogP contribution in [0.2, 0.25) is 0 Å². The molecule has 7 nitrogen and oxygen atoms in total. The van der Waals surface area contributed by atoms with Crippen LogP contribution in [0.1, 0.15) is 37.7 Å². The van der Waals surface area contributed by atoms with E-state index in [0.717, 1.165) is 32.1 Å². The summed E-state index contributed by atoms with van der Waals surface area (Å²) in [6.45, 7) is -0.304. The molecule has 0 unspecified atom stereocenters. The van der Waals surface area contributed by atoms with Crippen LogP contribution >= 0.6 is 0 Å². The number of carbonyl (C=O) groups is 1. The molecule has 0 spiro atoms. The lowest BCUT2D eigenvalue weighted by atomic mass is 9.96. The van der Waals surface area contributed by atoms with Crippen molar-refractivity contribution >= 4 is 21.6 Å². The van der Waals surface area contributed by atoms with Crippen molar-refractivity contribution in [1.82, 2.24) is 4.31 Å². The number of sulfonamides is 1. The Balaban J connectivity index is 1.71. The molecule has 2 aromatic carbocycles. The normalized spacial score (nSPS) is 14.8. The van der Waals surface area contributed by atoms with E-state index in [9.17, 15) is 13.2 Å². The number of benzene rings is 2. The first-order chi connectivity index (χ1) is 14.4. The van der Waals surface area contributed by atoms with Gasteiger partial charge in [-0.1, -0.05) is 37.5 Å². The number of nitrogens with zero attached hydrogens (tertiary/aromatic N) is 2. The van der Waals surface area contributed by atoms with Gasteiger partial charge in [-0.25, -0.2) is 8.42 Å². The summed E-state index contributed by atoms with van der Waals surface area (Å²) in [6.07, 6.45) is 4.87. The summed E-state index contributed by atoms with van der Waals surface area (Å²) in [5.41, 5.74) is 0.648. The number of amides is 1. The van der Waals surface area contributed by atoms with Crippen molar-refractivity contribution < 1.29 is 17.9 Å². The van der Waals surface area contributed by atoms with Crippen molar-refractivity contribution in [2.24, 2.45) is 0 Å². The van der Waals surface area contributed by atoms with Gasteiger partial charge >= 0.3 is 0 Å². The number of anilines is 1. The summed E-state index contributed by atoms with van der Waals surface area (Å²) >= 11 is 0. The van der Waals surface area contributed by atoms with E-state index in [0.29, 0.717) is 11.3 Å². The Labute approximate surface area is 177 Å². The van der Waals surface area contributed by atoms with E-state index in [1.54, 1.807) is 43.4 Å². The van der Waals surface area contributed by atoms with E-state index in [4.69, 9.17) is 10.00 Å². The van der Waals surface area contributed by atoms with Crippen molar-refractivity contribution in [1.29, 1.82) is 5.26 Å². The third kappa shape index (κ3) is 5.17. The van der Waals surface area contributed by atoms with Crippen LogP contribution in [0.25, 0.3) is 0 Å². The van der Waals surface area contributed by atoms with E-state index in [1.807, 2.05) is 6.07 Å². The summed E-state index contributed by atoms with van der Waals surface area (Å²) in [7, 11) is -2.14. The largest absolute Gasteiger partial charge is 0.484 e. The van der Waals surface area contributed by atoms with E-state index < -0.39 is 15.9 Å². The number of rotatable bonds is 7. The van der Waals surface area contributed by atoms with Crippen LogP contribution in [0.5, 0.6) is 5.75 Å². The zero-order chi connectivity index (χ0) is 21.6. The lowest BCUT2D eigenvalue weighted by Gasteiger charge is -2.30. The van der Waals surface area contributed by atoms with Crippen LogP contribution in [0.4, 0.5) is 5.69 Å². The lowest BCUT2D eigenvalue weighted by Crippen LogP contribution is -2.38. The molecule has 0 atom stereocenters. The van der Waals surface area contributed by atoms with Gasteiger partial charge in [-0.15, -0.1) is 0 Å². The van der Waals surface area contributed by atoms with Gasteiger partial charge < -0.3 is 10.1 Å². The van der Waals surface area contributed by atoms with E-state index in [2.05, 4.69) is 5.32 Å². The van der Waals surface area contributed by atoms with Gasteiger partial charge in [-0.05, 0) is 43.2 Å². The molecular weight excluding hydrogens is 402 g/mol. The first kappa shape index (κ1) is 21.8. The van der Waals surface area contributed by atoms with Gasteiger partial charge in [0.2, 0.25) is 10.0 Å². The van der Waals surface area contributed by atoms with Gasteiger partial charge in [0.05, 0.1) is 17.3 Å². The van der Waals surface area contributed by atoms with Crippen LogP contribution < -0.4 is 10.1 Å². The minimum atomic E-state index is -3.75. The van der Waals surface area contributed by atoms with Crippen LogP contribution in [0.15, 0.2) is 53.4 Å². The molecule has 1 fully saturated rings. The maximum absolute atomic E-state index is 13.2. The van der Waals surface area contributed by atoms with Crippen molar-refractivity contribution in [3.8, 4) is 11.8 Å². The Hall–Kier alpha value is -2.89. The van der Waals surface area contributed by atoms with Crippen LogP contribution in [0.3, 0.4) is 0 Å². The predicted molar refractivity (Wildman–Crippen MR) is 114 cm³/mol. The maximum Gasteiger partial charge on any atom is 0.262 e. The zero-order valence-corrected chi connectivity index (χ0v) is 17.7. The highest BCUT2D eigenvalue weighted by Crippen LogP contribution is 2.29. The fraction of sp³-hybridized carbons (Fsp3) is 0.364. The summed E-state index contributed by atoms with van der Waals surface area (Å²) in [5.74, 6) is -0.0949. The van der Waals surface area contributed by atoms with Gasteiger partial charge in [-0.2, -0.15) is 9.57 Å². The van der Waals surface area contributed by atoms with Crippen LogP contribution in [0, 0.1) is 11.3 Å². The molecule has 1 aliphatic carbocycles. The summed E-state index contributed by atoms with van der Waals surface area (Å²) < 4.78 is 33.3. The van der Waals surface area contributed by atoms with E-state index in [-0.39, 0.29) is 23.2 Å². The van der Waals surface area contributed by atoms with Gasteiger partial charge in [0.25, 0.3) is 5.91 Å². The summed E-state index contributed by atoms with van der Waals surface area (Å²) in [5, 5.41) is 11.6. The molecule has 1 N–H and O–H groups in total. The number of carbonyl (C=O) groups excluding carboxylic acids is 1. The van der Waals surface area contributed by atoms with Crippen molar-refractivity contribution in [2.75, 3.05) is 19.0 Å². The lowest BCUT2D eigenvalue weighted by molar-refractivity contribution is -0.118. The van der Waals surface area contributed by atoms with Gasteiger partial charge in [-0.3, -0.25) is 4.79 Å². The molecule has 0 bridgehead atoms. The molecule has 0 aliphatic heterocycles. The number of nitriles is 1. The Morgan fingerprint density at radius 3 is 2.63 bits per heavy atom. The summed E-state index contributed by atoms with van der Waals surface area (Å²) in [6, 6.07) is 14.8. The molecule has 0 radical (unpaired) electrons. The molecule has 30 heavy (non-hydrogen) atoms. The van der Waals surface area contributed by atoms with Gasteiger partial charge in [0, 0.05) is 13.1 Å². The second-order valence-corrected chi connectivity index (χ2v) is 9.25. The molecule has 1 saturated carbocycles. The minimum absolute atomic E-state index is 0.0248. The summed E-state index contributed by atoms with van der Waals surface area (Å²) in [4.78, 5) is 12.4. The van der Waals surface area contributed by atoms with Crippen LogP contribution in [-0.4, -0.2) is 38.3 Å². The standard InChI is InChI=1S/C22H25N3O4S/c1-25(18-9-3-2-4-10-18)30(27,28)21-13-6-5-12-20(21)24-22(26)16-29-19-11-7-8-17(14-19)15-23/h5-8,11-14,18H,2-4,9-10,16H2,1H3,(H,24,26). The second-order valence-electron chi connectivity index (χ2n) is 7.29. The van der Waals surface area contributed by atoms with Crippen molar-refractivity contribution in [3.05, 3.63) is 54.1 Å². The molecule has 0 aromatic heterocycles. The highest BCUT2D eigenvalue weighted by atomic mass is 32.2. The minimum Gasteiger partial charge on any atom is -0.484 e. The average Bonchev–Trinajstić information content (AvgIpc) is 2.78. The van der Waals surface area contributed by atoms with E-state index in [1.165, 1.54) is 16.4 Å². The molecule has 0 saturated heterocycles. The maximum atomic E-state index is 13.2. The predicted octanol–water partition coefficient (Wildman–Crippen LogP) is 3.53. The molecular formula is C22H25N3O4S. The van der Waals surface area contributed by atoms with E-state index >= 15 is 0 Å². The Morgan fingerprint density at radius 2 is 1.90 bits per heavy atom. The van der Waals surface area contributed by atoms with Crippen LogP contribution in [-0.2, 0) is 14.8 Å². The monoisotopic (exact) mass is 427 g/mol. The third-order valence-corrected chi connectivity index (χ3v) is 7.21. The average molecular weight is 428 g/mol. The second kappa shape index (κ2) is 9.74. The first-order valence-electron chi connectivity index (χ1n) is 9.91. The Kier molecular flexibility index (Phi) is 7.08. The molecule has 0 heterocycles. The SMILES string of the molecule is CN(C1CCCCC1)S(=O)(=O)c1ccccc1NC(=O)COc1cccc(C#N)c1. The zero-order valence-electron chi connectivity index (χ0n) is 16.9. The van der Waals surface area contributed by atoms with Crippen molar-refractivity contribution in [3.63, 3.8) is 0 Å². The number of hydrogen-bond acceptors (Lipinski definition) is 5. The topological polar surface area (TPSA) is 99.5 Å². The van der Waals surface area contributed by atoms with Gasteiger partial charge in [0.15, 0.2) is 6.61 Å². The number of para-hydroxylation sites is 1. The number of ether oxygens (including phenoxy) is 1. The Morgan fingerprint density at radius 1 is 1.17 bits per heavy atom. The smallest absolute Gasteiger partial charge is 0.262 e. The molecule has 1 aliphatic rings. The molecule has 158 valence electrons. The third-order valence-electron chi connectivity index (χ3n) is 5.24. The Bertz CT molecular complexity index is 1040. The molecule has 3 rings (SSSR count). The molecule has 2 aromatic rings. The fourth-order valence-corrected chi connectivity index (χ4v) is 5.14. The number of nitrogens with one attached hydrogen (secondary N) is 1. The quantitative estimate of drug-likeness (QED) is 0.729. The molecule has 1 amide bonds. The molecule has 8 heteroatoms. The van der Waals surface area contributed by atoms with Gasteiger partial charge in [0.1, 0.15) is 10.6 Å². The number of hydrogen-bond donors (Lipinski definition) is 1. The highest BCUT2D eigenvalue weighted by molar-refractivity contribution is 7.89. The fourth-order valence-electron chi connectivity index (χ4n) is 3.58. The van der Waals surface area contributed by atoms with Crippen molar-refractivity contribution in [2.45, 2.75) is 43.0 Å². The first-order valence-corrected chi connectivity index (χ1v) is 11.4. The highest BCUT2D eigenvalue weighted by Gasteiger charge is 2.31.